The van der Waals surface area contributed by atoms with Crippen molar-refractivity contribution in [3.05, 3.63) is 29.2 Å². The van der Waals surface area contributed by atoms with E-state index in [2.05, 4.69) is 10.1 Å². The molecular formula is C7H4ClF2N3. The molecule has 0 spiro atoms. The summed E-state index contributed by atoms with van der Waals surface area (Å²) in [4.78, 5) is 3.83. The number of nitrogens with zero attached hydrogens (tertiary/aromatic N) is 3. The van der Waals surface area contributed by atoms with Crippen LogP contribution in [0.15, 0.2) is 18.3 Å². The van der Waals surface area contributed by atoms with Gasteiger partial charge in [0.1, 0.15) is 5.69 Å². The normalized spacial score (nSPS) is 11.4. The highest BCUT2D eigenvalue weighted by Gasteiger charge is 2.13. The lowest BCUT2D eigenvalue weighted by atomic mass is 10.4. The van der Waals surface area contributed by atoms with Crippen molar-refractivity contribution in [2.45, 2.75) is 6.43 Å². The molecule has 2 aromatic rings. The topological polar surface area (TPSA) is 30.2 Å². The van der Waals surface area contributed by atoms with Gasteiger partial charge < -0.3 is 0 Å². The average Bonchev–Trinajstić information content (AvgIpc) is 2.43. The lowest BCUT2D eigenvalue weighted by Gasteiger charge is -2.00. The van der Waals surface area contributed by atoms with E-state index in [-0.39, 0.29) is 10.8 Å². The number of halogens is 3. The van der Waals surface area contributed by atoms with Crippen molar-refractivity contribution in [3.63, 3.8) is 0 Å². The maximum atomic E-state index is 12.4. The van der Waals surface area contributed by atoms with E-state index in [1.54, 1.807) is 0 Å². The van der Waals surface area contributed by atoms with Crippen LogP contribution in [0.3, 0.4) is 0 Å². The molecule has 0 amide bonds. The first-order chi connectivity index (χ1) is 6.18. The van der Waals surface area contributed by atoms with Crippen LogP contribution in [0.5, 0.6) is 0 Å². The first-order valence-corrected chi connectivity index (χ1v) is 3.84. The molecule has 0 unspecified atom stereocenters. The summed E-state index contributed by atoms with van der Waals surface area (Å²) in [6.45, 7) is 0. The van der Waals surface area contributed by atoms with Gasteiger partial charge in [-0.2, -0.15) is 5.10 Å². The highest BCUT2D eigenvalue weighted by Crippen LogP contribution is 2.19. The Kier molecular flexibility index (Phi) is 1.88. The zero-order chi connectivity index (χ0) is 9.42. The lowest BCUT2D eigenvalue weighted by molar-refractivity contribution is 0.143. The van der Waals surface area contributed by atoms with Crippen LogP contribution in [0.4, 0.5) is 8.78 Å². The Morgan fingerprint density at radius 3 is 2.92 bits per heavy atom. The predicted molar refractivity (Wildman–Crippen MR) is 43.0 cm³/mol. The third-order valence-corrected chi connectivity index (χ3v) is 1.77. The van der Waals surface area contributed by atoms with E-state index < -0.39 is 6.43 Å². The van der Waals surface area contributed by atoms with E-state index in [0.29, 0.717) is 5.65 Å². The molecule has 0 bridgehead atoms. The van der Waals surface area contributed by atoms with Crippen LogP contribution >= 0.6 is 11.6 Å². The van der Waals surface area contributed by atoms with Crippen molar-refractivity contribution in [2.24, 2.45) is 0 Å². The summed E-state index contributed by atoms with van der Waals surface area (Å²) in [5, 5.41) is 3.83. The molecule has 0 saturated carbocycles. The molecule has 2 heterocycles. The number of aromatic nitrogens is 3. The van der Waals surface area contributed by atoms with Crippen molar-refractivity contribution in [1.29, 1.82) is 0 Å². The molecule has 0 N–H and O–H groups in total. The van der Waals surface area contributed by atoms with Gasteiger partial charge >= 0.3 is 0 Å². The first-order valence-electron chi connectivity index (χ1n) is 3.47. The van der Waals surface area contributed by atoms with Crippen LogP contribution < -0.4 is 0 Å². The SMILES string of the molecule is FC(F)c1ccnc2cc(Cl)nn12. The maximum absolute atomic E-state index is 12.4. The van der Waals surface area contributed by atoms with E-state index >= 15 is 0 Å². The van der Waals surface area contributed by atoms with Crippen LogP contribution in [0.2, 0.25) is 5.15 Å². The molecule has 0 atom stereocenters. The quantitative estimate of drug-likeness (QED) is 0.712. The summed E-state index contributed by atoms with van der Waals surface area (Å²) < 4.78 is 25.8. The zero-order valence-electron chi connectivity index (χ0n) is 6.28. The standard InChI is InChI=1S/C7H4ClF2N3/c8-5-3-6-11-2-1-4(7(9)10)13(6)12-5/h1-3,7H. The molecule has 0 fully saturated rings. The first kappa shape index (κ1) is 8.37. The molecule has 0 aliphatic heterocycles. The third-order valence-electron chi connectivity index (χ3n) is 1.58. The van der Waals surface area contributed by atoms with E-state index in [1.807, 2.05) is 0 Å². The number of hydrogen-bond acceptors (Lipinski definition) is 2. The van der Waals surface area contributed by atoms with Gasteiger partial charge in [-0.15, -0.1) is 0 Å². The Bertz CT molecular complexity index is 440. The molecule has 3 nitrogen and oxygen atoms in total. The molecular weight excluding hydrogens is 200 g/mol. The molecule has 2 rings (SSSR count). The van der Waals surface area contributed by atoms with Crippen molar-refractivity contribution in [3.8, 4) is 0 Å². The summed E-state index contributed by atoms with van der Waals surface area (Å²) in [5.74, 6) is 0. The van der Waals surface area contributed by atoms with Crippen molar-refractivity contribution < 1.29 is 8.78 Å². The zero-order valence-corrected chi connectivity index (χ0v) is 7.04. The molecule has 0 saturated heterocycles. The fourth-order valence-corrected chi connectivity index (χ4v) is 1.22. The van der Waals surface area contributed by atoms with Gasteiger partial charge in [0.2, 0.25) is 0 Å². The Labute approximate surface area is 77.0 Å². The summed E-state index contributed by atoms with van der Waals surface area (Å²) in [6.07, 6.45) is -1.28. The van der Waals surface area contributed by atoms with E-state index in [1.165, 1.54) is 18.3 Å². The van der Waals surface area contributed by atoms with Crippen LogP contribution in [0.25, 0.3) is 5.65 Å². The number of rotatable bonds is 1. The predicted octanol–water partition coefficient (Wildman–Crippen LogP) is 2.32. The second kappa shape index (κ2) is 2.92. The van der Waals surface area contributed by atoms with Gasteiger partial charge in [-0.1, -0.05) is 11.6 Å². The minimum atomic E-state index is -2.58. The fourth-order valence-electron chi connectivity index (χ4n) is 1.05. The lowest BCUT2D eigenvalue weighted by Crippen LogP contribution is -1.99. The largest absolute Gasteiger partial charge is 0.280 e. The van der Waals surface area contributed by atoms with Gasteiger partial charge in [0.25, 0.3) is 6.43 Å². The van der Waals surface area contributed by atoms with Gasteiger partial charge in [-0.25, -0.2) is 18.3 Å². The van der Waals surface area contributed by atoms with Gasteiger partial charge in [0.05, 0.1) is 0 Å². The number of fused-ring (bicyclic) bond motifs is 1. The fraction of sp³-hybridized carbons (Fsp3) is 0.143. The molecule has 68 valence electrons. The van der Waals surface area contributed by atoms with Gasteiger partial charge in [-0.3, -0.25) is 0 Å². The summed E-state index contributed by atoms with van der Waals surface area (Å²) >= 11 is 5.54. The molecule has 0 radical (unpaired) electrons. The highest BCUT2D eigenvalue weighted by molar-refractivity contribution is 6.29. The van der Waals surface area contributed by atoms with Crippen molar-refractivity contribution >= 4 is 17.2 Å². The molecule has 13 heavy (non-hydrogen) atoms. The maximum Gasteiger partial charge on any atom is 0.280 e. The third kappa shape index (κ3) is 1.35. The van der Waals surface area contributed by atoms with Gasteiger partial charge in [0.15, 0.2) is 10.8 Å². The second-order valence-corrected chi connectivity index (χ2v) is 2.79. The summed E-state index contributed by atoms with van der Waals surface area (Å²) in [5.41, 5.74) is 0.111. The average molecular weight is 204 g/mol. The summed E-state index contributed by atoms with van der Waals surface area (Å²) in [6, 6.07) is 2.63. The van der Waals surface area contributed by atoms with Crippen LogP contribution in [0.1, 0.15) is 12.1 Å². The molecule has 6 heteroatoms. The van der Waals surface area contributed by atoms with Crippen molar-refractivity contribution in [2.75, 3.05) is 0 Å². The van der Waals surface area contributed by atoms with Crippen LogP contribution in [-0.4, -0.2) is 14.6 Å². The minimum absolute atomic E-state index is 0.153. The number of alkyl halides is 2. The van der Waals surface area contributed by atoms with Gasteiger partial charge in [-0.05, 0) is 6.07 Å². The highest BCUT2D eigenvalue weighted by atomic mass is 35.5. The van der Waals surface area contributed by atoms with Gasteiger partial charge in [0, 0.05) is 12.3 Å². The van der Waals surface area contributed by atoms with Crippen LogP contribution in [-0.2, 0) is 0 Å². The second-order valence-electron chi connectivity index (χ2n) is 2.41. The molecule has 0 aromatic carbocycles. The van der Waals surface area contributed by atoms with E-state index in [4.69, 9.17) is 11.6 Å². The smallest absolute Gasteiger partial charge is 0.237 e. The van der Waals surface area contributed by atoms with E-state index in [9.17, 15) is 8.78 Å². The summed E-state index contributed by atoms with van der Waals surface area (Å²) in [7, 11) is 0. The Morgan fingerprint density at radius 2 is 2.23 bits per heavy atom. The van der Waals surface area contributed by atoms with Crippen LogP contribution in [0, 0.1) is 0 Å². The Morgan fingerprint density at radius 1 is 1.46 bits per heavy atom. The molecule has 2 aromatic heterocycles. The Balaban J connectivity index is 2.75. The number of hydrogen-bond donors (Lipinski definition) is 0. The molecule has 0 aliphatic carbocycles. The minimum Gasteiger partial charge on any atom is -0.237 e. The monoisotopic (exact) mass is 203 g/mol. The van der Waals surface area contributed by atoms with Crippen molar-refractivity contribution in [1.82, 2.24) is 14.6 Å². The Hall–Kier alpha value is -1.23. The van der Waals surface area contributed by atoms with E-state index in [0.717, 1.165) is 4.52 Å². The molecule has 0 aliphatic rings.